The van der Waals surface area contributed by atoms with Gasteiger partial charge in [-0.1, -0.05) is 6.07 Å². The number of rotatable bonds is 7. The highest BCUT2D eigenvalue weighted by Crippen LogP contribution is 2.18. The van der Waals surface area contributed by atoms with Gasteiger partial charge in [-0.15, -0.1) is 0 Å². The first-order chi connectivity index (χ1) is 11.7. The Morgan fingerprint density at radius 1 is 1.20 bits per heavy atom. The van der Waals surface area contributed by atoms with Gasteiger partial charge in [-0.3, -0.25) is 4.79 Å². The summed E-state index contributed by atoms with van der Waals surface area (Å²) in [4.78, 5) is 12.5. The molecule has 0 aliphatic rings. The zero-order chi connectivity index (χ0) is 18.6. The molecule has 25 heavy (non-hydrogen) atoms. The summed E-state index contributed by atoms with van der Waals surface area (Å²) in [6.45, 7) is 3.74. The van der Waals surface area contributed by atoms with Crippen LogP contribution in [0.25, 0.3) is 0 Å². The molecule has 0 aliphatic carbocycles. The summed E-state index contributed by atoms with van der Waals surface area (Å²) >= 11 is 0. The van der Waals surface area contributed by atoms with Crippen LogP contribution in [0.4, 0.5) is 5.69 Å². The van der Waals surface area contributed by atoms with Crippen LogP contribution in [-0.2, 0) is 14.8 Å². The highest BCUT2D eigenvalue weighted by molar-refractivity contribution is 7.89. The first-order valence-corrected chi connectivity index (χ1v) is 9.37. The number of hydrogen-bond acceptors (Lipinski definition) is 4. The lowest BCUT2D eigenvalue weighted by Crippen LogP contribution is -2.91. The number of nitrogens with one attached hydrogen (secondary N) is 1. The third-order valence-electron chi connectivity index (χ3n) is 3.86. The van der Waals surface area contributed by atoms with E-state index in [0.717, 1.165) is 10.1 Å². The van der Waals surface area contributed by atoms with Crippen molar-refractivity contribution in [2.75, 3.05) is 19.4 Å². The average molecular weight is 366 g/mol. The quantitative estimate of drug-likeness (QED) is 0.769. The maximum absolute atomic E-state index is 12.4. The molecule has 0 saturated carbocycles. The van der Waals surface area contributed by atoms with Crippen molar-refractivity contribution in [2.45, 2.75) is 30.8 Å². The minimum absolute atomic E-state index is 0.00352. The molecule has 2 aromatic rings. The summed E-state index contributed by atoms with van der Waals surface area (Å²) in [6, 6.07) is 9.52. The number of hydrogen-bond donors (Lipinski definition) is 2. The Labute approximate surface area is 148 Å². The van der Waals surface area contributed by atoms with Gasteiger partial charge in [0.1, 0.15) is 6.04 Å². The normalized spacial score (nSPS) is 14.3. The number of sulfonamides is 1. The molecule has 0 spiro atoms. The fourth-order valence-electron chi connectivity index (χ4n) is 2.37. The van der Waals surface area contributed by atoms with Crippen LogP contribution in [0.5, 0.6) is 0 Å². The number of benzene rings is 1. The van der Waals surface area contributed by atoms with E-state index in [0.29, 0.717) is 5.69 Å². The Morgan fingerprint density at radius 3 is 2.52 bits per heavy atom. The van der Waals surface area contributed by atoms with Crippen LogP contribution < -0.4 is 10.6 Å². The van der Waals surface area contributed by atoms with E-state index >= 15 is 0 Å². The Bertz CT molecular complexity index is 816. The molecular formula is C17H24N3O4S+. The molecular weight excluding hydrogens is 342 g/mol. The van der Waals surface area contributed by atoms with E-state index in [9.17, 15) is 13.2 Å². The molecule has 0 fully saturated rings. The predicted octanol–water partition coefficient (Wildman–Crippen LogP) is 1.18. The molecule has 1 aromatic heterocycles. The van der Waals surface area contributed by atoms with Gasteiger partial charge in [0.05, 0.1) is 11.2 Å². The lowest BCUT2D eigenvalue weighted by molar-refractivity contribution is -0.711. The summed E-state index contributed by atoms with van der Waals surface area (Å²) in [5, 5.41) is 4.64. The van der Waals surface area contributed by atoms with Crippen LogP contribution in [0.2, 0.25) is 0 Å². The number of nitrogens with zero attached hydrogens (tertiary/aromatic N) is 1. The van der Waals surface area contributed by atoms with Crippen LogP contribution >= 0.6 is 0 Å². The molecule has 7 nitrogen and oxygen atoms in total. The largest absolute Gasteiger partial charge is 0.463 e. The molecule has 0 radical (unpaired) electrons. The maximum atomic E-state index is 12.4. The lowest BCUT2D eigenvalue weighted by Gasteiger charge is -2.16. The molecule has 3 N–H and O–H groups in total. The van der Waals surface area contributed by atoms with Gasteiger partial charge in [0.15, 0.2) is 11.8 Å². The van der Waals surface area contributed by atoms with E-state index < -0.39 is 10.0 Å². The van der Waals surface area contributed by atoms with E-state index in [-0.39, 0.29) is 22.9 Å². The molecule has 1 heterocycles. The number of anilines is 1. The van der Waals surface area contributed by atoms with E-state index in [1.54, 1.807) is 31.4 Å². The van der Waals surface area contributed by atoms with Crippen molar-refractivity contribution in [3.8, 4) is 0 Å². The first kappa shape index (κ1) is 19.2. The third kappa shape index (κ3) is 4.68. The van der Waals surface area contributed by atoms with Gasteiger partial charge in [0.25, 0.3) is 5.91 Å². The predicted molar refractivity (Wildman–Crippen MR) is 94.5 cm³/mol. The summed E-state index contributed by atoms with van der Waals surface area (Å²) in [7, 11) is -0.610. The third-order valence-corrected chi connectivity index (χ3v) is 5.67. The minimum atomic E-state index is -3.54. The Balaban J connectivity index is 2.05. The number of carbonyl (C=O) groups excluding carboxylic acids is 1. The number of furan rings is 1. The monoisotopic (exact) mass is 366 g/mol. The second kappa shape index (κ2) is 7.81. The topological polar surface area (TPSA) is 96.2 Å². The van der Waals surface area contributed by atoms with Gasteiger partial charge < -0.3 is 15.1 Å². The molecule has 0 bridgehead atoms. The fourth-order valence-corrected chi connectivity index (χ4v) is 3.31. The molecule has 136 valence electrons. The van der Waals surface area contributed by atoms with Crippen LogP contribution in [-0.4, -0.2) is 38.8 Å². The van der Waals surface area contributed by atoms with Crippen LogP contribution in [0.1, 0.15) is 25.6 Å². The van der Waals surface area contributed by atoms with Crippen LogP contribution in [0, 0.1) is 0 Å². The number of carbonyl (C=O) groups is 1. The number of amides is 1. The van der Waals surface area contributed by atoms with Gasteiger partial charge in [-0.25, -0.2) is 12.7 Å². The van der Waals surface area contributed by atoms with Crippen LogP contribution in [0.15, 0.2) is 52.0 Å². The van der Waals surface area contributed by atoms with Crippen molar-refractivity contribution in [1.29, 1.82) is 0 Å². The molecule has 0 aliphatic heterocycles. The first-order valence-electron chi connectivity index (χ1n) is 7.93. The van der Waals surface area contributed by atoms with E-state index in [1.165, 1.54) is 26.2 Å². The van der Waals surface area contributed by atoms with Crippen molar-refractivity contribution in [3.63, 3.8) is 0 Å². The SMILES string of the molecule is C[C@@H]([NH2+][C@H](C)c1ccco1)C(=O)Nc1cccc(S(=O)(=O)N(C)C)c1. The van der Waals surface area contributed by atoms with Gasteiger partial charge >= 0.3 is 0 Å². The minimum Gasteiger partial charge on any atom is -0.463 e. The van der Waals surface area contributed by atoms with E-state index in [1.807, 2.05) is 18.3 Å². The standard InChI is InChI=1S/C17H23N3O4S/c1-12(16-9-6-10-24-16)18-13(2)17(21)19-14-7-5-8-15(11-14)25(22,23)20(3)4/h5-13,18H,1-4H3,(H,19,21)/p+1/t12-,13-/m1/s1. The second-order valence-electron chi connectivity index (χ2n) is 6.09. The van der Waals surface area contributed by atoms with Gasteiger partial charge in [-0.05, 0) is 44.2 Å². The van der Waals surface area contributed by atoms with Crippen molar-refractivity contribution in [3.05, 3.63) is 48.4 Å². The van der Waals surface area contributed by atoms with Gasteiger partial charge in [0, 0.05) is 19.8 Å². The molecule has 2 atom stereocenters. The second-order valence-corrected chi connectivity index (χ2v) is 8.24. The van der Waals surface area contributed by atoms with Gasteiger partial charge in [-0.2, -0.15) is 0 Å². The summed E-state index contributed by atoms with van der Waals surface area (Å²) in [5.41, 5.74) is 0.443. The molecule has 8 heteroatoms. The summed E-state index contributed by atoms with van der Waals surface area (Å²) < 4.78 is 30.8. The fraction of sp³-hybridized carbons (Fsp3) is 0.353. The zero-order valence-corrected chi connectivity index (χ0v) is 15.6. The smallest absolute Gasteiger partial charge is 0.282 e. The Hall–Kier alpha value is -2.16. The van der Waals surface area contributed by atoms with Crippen molar-refractivity contribution < 1.29 is 22.9 Å². The zero-order valence-electron chi connectivity index (χ0n) is 14.8. The van der Waals surface area contributed by atoms with E-state index in [4.69, 9.17) is 4.42 Å². The Kier molecular flexibility index (Phi) is 5.99. The number of quaternary nitrogens is 1. The maximum Gasteiger partial charge on any atom is 0.282 e. The van der Waals surface area contributed by atoms with Crippen molar-refractivity contribution >= 4 is 21.6 Å². The highest BCUT2D eigenvalue weighted by atomic mass is 32.2. The Morgan fingerprint density at radius 2 is 1.92 bits per heavy atom. The highest BCUT2D eigenvalue weighted by Gasteiger charge is 2.23. The average Bonchev–Trinajstić information content (AvgIpc) is 3.09. The van der Waals surface area contributed by atoms with Crippen molar-refractivity contribution in [2.24, 2.45) is 0 Å². The van der Waals surface area contributed by atoms with Crippen LogP contribution in [0.3, 0.4) is 0 Å². The summed E-state index contributed by atoms with van der Waals surface area (Å²) in [6.07, 6.45) is 1.60. The molecule has 1 aromatic carbocycles. The molecule has 0 saturated heterocycles. The molecule has 0 unspecified atom stereocenters. The number of nitrogens with two attached hydrogens (primary N) is 1. The van der Waals surface area contributed by atoms with Gasteiger partial charge in [0.2, 0.25) is 10.0 Å². The molecule has 2 rings (SSSR count). The molecule has 1 amide bonds. The van der Waals surface area contributed by atoms with E-state index in [2.05, 4.69) is 5.32 Å². The summed E-state index contributed by atoms with van der Waals surface area (Å²) in [5.74, 6) is 0.580. The van der Waals surface area contributed by atoms with Crippen molar-refractivity contribution in [1.82, 2.24) is 4.31 Å². The lowest BCUT2D eigenvalue weighted by atomic mass is 10.2.